The second-order valence-corrected chi connectivity index (χ2v) is 9.80. The fourth-order valence-electron chi connectivity index (χ4n) is 4.90. The number of anilines is 1. The average Bonchev–Trinajstić information content (AvgIpc) is 2.89. The first kappa shape index (κ1) is 22.0. The zero-order valence-electron chi connectivity index (χ0n) is 19.2. The SMILES string of the molecule is Cc1ccc(N2[C@@H](c3ccc(Cl)cc3)c3ccc4ccccc4c3O[C@H]2c2ccc(Cl)cc2)cc1. The summed E-state index contributed by atoms with van der Waals surface area (Å²) in [6, 6.07) is 37.3. The van der Waals surface area contributed by atoms with Gasteiger partial charge in [-0.25, -0.2) is 0 Å². The van der Waals surface area contributed by atoms with E-state index >= 15 is 0 Å². The topological polar surface area (TPSA) is 12.5 Å². The third kappa shape index (κ3) is 4.03. The molecule has 0 fully saturated rings. The number of benzene rings is 5. The van der Waals surface area contributed by atoms with Crippen LogP contribution in [0, 0.1) is 6.92 Å². The number of nitrogens with zero attached hydrogens (tertiary/aromatic N) is 1. The van der Waals surface area contributed by atoms with Crippen molar-refractivity contribution in [3.8, 4) is 5.75 Å². The van der Waals surface area contributed by atoms with E-state index in [2.05, 4.69) is 84.6 Å². The van der Waals surface area contributed by atoms with Gasteiger partial charge in [0.2, 0.25) is 0 Å². The van der Waals surface area contributed by atoms with Crippen molar-refractivity contribution in [2.45, 2.75) is 19.2 Å². The van der Waals surface area contributed by atoms with Crippen LogP contribution in [0.2, 0.25) is 10.0 Å². The van der Waals surface area contributed by atoms with Gasteiger partial charge in [0.25, 0.3) is 0 Å². The Morgan fingerprint density at radius 2 is 1.29 bits per heavy atom. The molecule has 0 amide bonds. The molecule has 0 saturated heterocycles. The highest BCUT2D eigenvalue weighted by Gasteiger charge is 2.38. The highest BCUT2D eigenvalue weighted by Crippen LogP contribution is 2.50. The summed E-state index contributed by atoms with van der Waals surface area (Å²) >= 11 is 12.5. The largest absolute Gasteiger partial charge is 0.465 e. The van der Waals surface area contributed by atoms with Gasteiger partial charge in [0.05, 0.1) is 6.04 Å². The molecule has 35 heavy (non-hydrogen) atoms. The zero-order chi connectivity index (χ0) is 23.9. The van der Waals surface area contributed by atoms with E-state index in [0.29, 0.717) is 5.02 Å². The van der Waals surface area contributed by atoms with Crippen molar-refractivity contribution < 1.29 is 4.74 Å². The Hall–Kier alpha value is -3.46. The fraction of sp³-hybridized carbons (Fsp3) is 0.0968. The standard InChI is InChI=1S/C31H23Cl2NO/c1-20-6-17-26(18-7-20)34-29(22-8-13-24(32)14-9-22)28-19-12-21-4-2-3-5-27(21)30(28)35-31(34)23-10-15-25(33)16-11-23/h2-19,29,31H,1H3/t29-,31-/m0/s1. The normalized spacial score (nSPS) is 17.2. The van der Waals surface area contributed by atoms with Crippen molar-refractivity contribution in [2.75, 3.05) is 4.90 Å². The molecular formula is C31H23Cl2NO. The molecule has 1 heterocycles. The van der Waals surface area contributed by atoms with Crippen molar-refractivity contribution in [2.24, 2.45) is 0 Å². The number of fused-ring (bicyclic) bond motifs is 3. The van der Waals surface area contributed by atoms with Crippen molar-refractivity contribution in [3.63, 3.8) is 0 Å². The minimum Gasteiger partial charge on any atom is -0.465 e. The van der Waals surface area contributed by atoms with Gasteiger partial charge in [0, 0.05) is 32.2 Å². The quantitative estimate of drug-likeness (QED) is 0.247. The molecule has 5 aromatic carbocycles. The molecule has 0 aliphatic carbocycles. The van der Waals surface area contributed by atoms with Gasteiger partial charge in [-0.15, -0.1) is 0 Å². The molecule has 0 unspecified atom stereocenters. The van der Waals surface area contributed by atoms with Crippen LogP contribution in [-0.4, -0.2) is 0 Å². The van der Waals surface area contributed by atoms with Crippen LogP contribution in [-0.2, 0) is 0 Å². The van der Waals surface area contributed by atoms with Gasteiger partial charge < -0.3 is 9.64 Å². The van der Waals surface area contributed by atoms with Crippen LogP contribution in [0.15, 0.2) is 109 Å². The molecule has 5 aromatic rings. The summed E-state index contributed by atoms with van der Waals surface area (Å²) in [5, 5.41) is 3.67. The average molecular weight is 496 g/mol. The molecule has 1 aliphatic heterocycles. The van der Waals surface area contributed by atoms with Crippen molar-refractivity contribution >= 4 is 39.7 Å². The molecule has 172 valence electrons. The summed E-state index contributed by atoms with van der Waals surface area (Å²) in [6.45, 7) is 2.10. The summed E-state index contributed by atoms with van der Waals surface area (Å²) in [6.07, 6.45) is -0.353. The Kier molecular flexibility index (Phi) is 5.64. The van der Waals surface area contributed by atoms with E-state index in [4.69, 9.17) is 27.9 Å². The predicted molar refractivity (Wildman–Crippen MR) is 146 cm³/mol. The molecule has 2 nitrogen and oxygen atoms in total. The smallest absolute Gasteiger partial charge is 0.199 e. The van der Waals surface area contributed by atoms with E-state index in [9.17, 15) is 0 Å². The first-order chi connectivity index (χ1) is 17.1. The molecule has 4 heteroatoms. The van der Waals surface area contributed by atoms with Crippen molar-refractivity contribution in [1.82, 2.24) is 0 Å². The monoisotopic (exact) mass is 495 g/mol. The Labute approximate surface area is 215 Å². The molecule has 2 atom stereocenters. The van der Waals surface area contributed by atoms with Crippen LogP contribution in [0.25, 0.3) is 10.8 Å². The van der Waals surface area contributed by atoms with E-state index < -0.39 is 0 Å². The summed E-state index contributed by atoms with van der Waals surface area (Å²) in [5.74, 6) is 0.909. The van der Waals surface area contributed by atoms with Crippen molar-refractivity contribution in [3.05, 3.63) is 141 Å². The lowest BCUT2D eigenvalue weighted by Gasteiger charge is -2.45. The van der Waals surface area contributed by atoms with Gasteiger partial charge in [-0.2, -0.15) is 0 Å². The lowest BCUT2D eigenvalue weighted by atomic mass is 9.90. The van der Waals surface area contributed by atoms with Crippen molar-refractivity contribution in [1.29, 1.82) is 0 Å². The van der Waals surface area contributed by atoms with Crippen LogP contribution in [0.1, 0.15) is 34.5 Å². The molecule has 6 rings (SSSR count). The lowest BCUT2D eigenvalue weighted by Crippen LogP contribution is -2.40. The van der Waals surface area contributed by atoms with Gasteiger partial charge in [-0.3, -0.25) is 0 Å². The predicted octanol–water partition coefficient (Wildman–Crippen LogP) is 9.14. The van der Waals surface area contributed by atoms with Gasteiger partial charge in [0.1, 0.15) is 5.75 Å². The first-order valence-corrected chi connectivity index (χ1v) is 12.4. The van der Waals surface area contributed by atoms with Crippen LogP contribution >= 0.6 is 23.2 Å². The Morgan fingerprint density at radius 1 is 0.657 bits per heavy atom. The number of rotatable bonds is 3. The van der Waals surface area contributed by atoms with E-state index in [1.165, 1.54) is 5.56 Å². The minimum atomic E-state index is -0.353. The zero-order valence-corrected chi connectivity index (χ0v) is 20.7. The maximum atomic E-state index is 6.90. The van der Waals surface area contributed by atoms with Crippen LogP contribution in [0.3, 0.4) is 0 Å². The molecule has 0 saturated carbocycles. The maximum Gasteiger partial charge on any atom is 0.199 e. The number of ether oxygens (including phenoxy) is 1. The number of halogens is 2. The molecule has 0 aromatic heterocycles. The fourth-order valence-corrected chi connectivity index (χ4v) is 5.15. The van der Waals surface area contributed by atoms with Gasteiger partial charge >= 0.3 is 0 Å². The Bertz CT molecular complexity index is 1490. The molecule has 0 bridgehead atoms. The van der Waals surface area contributed by atoms with E-state index in [-0.39, 0.29) is 12.3 Å². The molecular weight excluding hydrogens is 473 g/mol. The number of aryl methyl sites for hydroxylation is 1. The molecule has 1 aliphatic rings. The molecule has 0 spiro atoms. The second-order valence-electron chi connectivity index (χ2n) is 8.92. The van der Waals surface area contributed by atoms with Crippen LogP contribution < -0.4 is 9.64 Å². The highest BCUT2D eigenvalue weighted by atomic mass is 35.5. The Morgan fingerprint density at radius 3 is 1.97 bits per heavy atom. The van der Waals surface area contributed by atoms with E-state index in [0.717, 1.165) is 43.9 Å². The van der Waals surface area contributed by atoms with Crippen LogP contribution in [0.5, 0.6) is 5.75 Å². The van der Waals surface area contributed by atoms with Crippen LogP contribution in [0.4, 0.5) is 5.69 Å². The minimum absolute atomic E-state index is 0.0796. The molecule has 0 N–H and O–H groups in total. The summed E-state index contributed by atoms with van der Waals surface area (Å²) in [5.41, 5.74) is 5.59. The number of hydrogen-bond acceptors (Lipinski definition) is 2. The summed E-state index contributed by atoms with van der Waals surface area (Å²) in [4.78, 5) is 2.35. The van der Waals surface area contributed by atoms with E-state index in [1.54, 1.807) is 0 Å². The summed E-state index contributed by atoms with van der Waals surface area (Å²) in [7, 11) is 0. The van der Waals surface area contributed by atoms with Gasteiger partial charge in [0.15, 0.2) is 6.23 Å². The van der Waals surface area contributed by atoms with Gasteiger partial charge in [-0.05, 0) is 54.3 Å². The second kappa shape index (κ2) is 8.96. The maximum absolute atomic E-state index is 6.90. The molecule has 0 radical (unpaired) electrons. The third-order valence-corrected chi connectivity index (χ3v) is 7.14. The third-order valence-electron chi connectivity index (χ3n) is 6.64. The lowest BCUT2D eigenvalue weighted by molar-refractivity contribution is 0.172. The Balaban J connectivity index is 1.64. The van der Waals surface area contributed by atoms with Gasteiger partial charge in [-0.1, -0.05) is 102 Å². The first-order valence-electron chi connectivity index (χ1n) is 11.6. The van der Waals surface area contributed by atoms with E-state index in [1.807, 2.05) is 36.4 Å². The number of hydrogen-bond donors (Lipinski definition) is 0. The highest BCUT2D eigenvalue weighted by molar-refractivity contribution is 6.30. The summed E-state index contributed by atoms with van der Waals surface area (Å²) < 4.78 is 6.90.